The fourth-order valence-corrected chi connectivity index (χ4v) is 2.76. The lowest BCUT2D eigenvalue weighted by molar-refractivity contribution is 0.667. The van der Waals surface area contributed by atoms with Gasteiger partial charge in [0.05, 0.1) is 0 Å². The standard InChI is InChI=1S/C14H20BrN3/c15-13-5-12(6-16)14(17-7-13)18(8-10-1-2-10)9-11-3-4-11/h5,7,10-11H,1-4,6,8-9,16H2. The summed E-state index contributed by atoms with van der Waals surface area (Å²) in [5.41, 5.74) is 7.02. The van der Waals surface area contributed by atoms with Gasteiger partial charge in [-0.05, 0) is 59.5 Å². The Hall–Kier alpha value is -0.610. The van der Waals surface area contributed by atoms with Crippen LogP contribution in [0.25, 0.3) is 0 Å². The summed E-state index contributed by atoms with van der Waals surface area (Å²) in [4.78, 5) is 7.09. The van der Waals surface area contributed by atoms with Gasteiger partial charge in [-0.2, -0.15) is 0 Å². The number of pyridine rings is 1. The zero-order valence-electron chi connectivity index (χ0n) is 10.6. The molecule has 2 N–H and O–H groups in total. The summed E-state index contributed by atoms with van der Waals surface area (Å²) in [6.07, 6.45) is 7.43. The molecule has 0 aromatic carbocycles. The van der Waals surface area contributed by atoms with Crippen molar-refractivity contribution in [3.63, 3.8) is 0 Å². The Morgan fingerprint density at radius 3 is 2.33 bits per heavy atom. The highest BCUT2D eigenvalue weighted by Gasteiger charge is 2.30. The number of hydrogen-bond donors (Lipinski definition) is 1. The van der Waals surface area contributed by atoms with Crippen LogP contribution in [0, 0.1) is 11.8 Å². The van der Waals surface area contributed by atoms with E-state index in [0.717, 1.165) is 40.8 Å². The van der Waals surface area contributed by atoms with Crippen molar-refractivity contribution in [3.8, 4) is 0 Å². The summed E-state index contributed by atoms with van der Waals surface area (Å²) in [6, 6.07) is 2.11. The van der Waals surface area contributed by atoms with Gasteiger partial charge in [0, 0.05) is 35.9 Å². The molecule has 98 valence electrons. The molecule has 4 heteroatoms. The smallest absolute Gasteiger partial charge is 0.133 e. The molecule has 0 unspecified atom stereocenters. The molecule has 0 amide bonds. The van der Waals surface area contributed by atoms with Crippen molar-refractivity contribution < 1.29 is 0 Å². The van der Waals surface area contributed by atoms with Gasteiger partial charge in [-0.15, -0.1) is 0 Å². The number of hydrogen-bond acceptors (Lipinski definition) is 3. The minimum absolute atomic E-state index is 0.563. The van der Waals surface area contributed by atoms with Crippen molar-refractivity contribution in [1.82, 2.24) is 4.98 Å². The van der Waals surface area contributed by atoms with Gasteiger partial charge in [-0.1, -0.05) is 0 Å². The first-order valence-electron chi connectivity index (χ1n) is 6.85. The van der Waals surface area contributed by atoms with Crippen LogP contribution in [0.3, 0.4) is 0 Å². The quantitative estimate of drug-likeness (QED) is 0.878. The zero-order valence-corrected chi connectivity index (χ0v) is 12.2. The fraction of sp³-hybridized carbons (Fsp3) is 0.643. The molecule has 0 atom stereocenters. The minimum Gasteiger partial charge on any atom is -0.356 e. The minimum atomic E-state index is 0.563. The van der Waals surface area contributed by atoms with Gasteiger partial charge in [0.15, 0.2) is 0 Å². The molecule has 3 nitrogen and oxygen atoms in total. The molecule has 0 spiro atoms. The monoisotopic (exact) mass is 309 g/mol. The van der Waals surface area contributed by atoms with Crippen LogP contribution >= 0.6 is 15.9 Å². The molecule has 0 saturated heterocycles. The van der Waals surface area contributed by atoms with Crippen LogP contribution in [0.4, 0.5) is 5.82 Å². The molecule has 1 aromatic rings. The number of aromatic nitrogens is 1. The maximum Gasteiger partial charge on any atom is 0.133 e. The Bertz CT molecular complexity index is 413. The van der Waals surface area contributed by atoms with Gasteiger partial charge in [-0.25, -0.2) is 4.98 Å². The number of nitrogens with zero attached hydrogens (tertiary/aromatic N) is 2. The molecular weight excluding hydrogens is 290 g/mol. The Labute approximate surface area is 117 Å². The maximum absolute atomic E-state index is 5.86. The van der Waals surface area contributed by atoms with Gasteiger partial charge in [0.1, 0.15) is 5.82 Å². The lowest BCUT2D eigenvalue weighted by Gasteiger charge is -2.26. The molecule has 3 rings (SSSR count). The van der Waals surface area contributed by atoms with E-state index in [0.29, 0.717) is 6.54 Å². The summed E-state index contributed by atoms with van der Waals surface area (Å²) in [7, 11) is 0. The van der Waals surface area contributed by atoms with Crippen molar-refractivity contribution in [3.05, 3.63) is 22.3 Å². The third-order valence-electron chi connectivity index (χ3n) is 3.78. The van der Waals surface area contributed by atoms with Crippen molar-refractivity contribution in [2.24, 2.45) is 17.6 Å². The predicted molar refractivity (Wildman–Crippen MR) is 77.5 cm³/mol. The summed E-state index contributed by atoms with van der Waals surface area (Å²) >= 11 is 3.48. The summed E-state index contributed by atoms with van der Waals surface area (Å²) in [6.45, 7) is 2.89. The van der Waals surface area contributed by atoms with Crippen molar-refractivity contribution >= 4 is 21.7 Å². The maximum atomic E-state index is 5.86. The highest BCUT2D eigenvalue weighted by Crippen LogP contribution is 2.36. The molecule has 18 heavy (non-hydrogen) atoms. The first-order valence-corrected chi connectivity index (χ1v) is 7.65. The summed E-state index contributed by atoms with van der Waals surface area (Å²) in [5, 5.41) is 0. The second-order valence-electron chi connectivity index (χ2n) is 5.63. The normalized spacial score (nSPS) is 19.0. The first-order chi connectivity index (χ1) is 8.76. The largest absolute Gasteiger partial charge is 0.356 e. The van der Waals surface area contributed by atoms with Crippen LogP contribution in [0.15, 0.2) is 16.7 Å². The van der Waals surface area contributed by atoms with Crippen LogP contribution < -0.4 is 10.6 Å². The Balaban J connectivity index is 1.81. The number of rotatable bonds is 6. The molecule has 0 radical (unpaired) electrons. The molecule has 2 saturated carbocycles. The van der Waals surface area contributed by atoms with Crippen LogP contribution in [-0.2, 0) is 6.54 Å². The molecule has 2 aliphatic carbocycles. The van der Waals surface area contributed by atoms with Gasteiger partial charge >= 0.3 is 0 Å². The van der Waals surface area contributed by atoms with E-state index < -0.39 is 0 Å². The van der Waals surface area contributed by atoms with Crippen molar-refractivity contribution in [2.45, 2.75) is 32.2 Å². The third kappa shape index (κ3) is 3.04. The van der Waals surface area contributed by atoms with E-state index in [2.05, 4.69) is 31.9 Å². The van der Waals surface area contributed by atoms with E-state index in [-0.39, 0.29) is 0 Å². The predicted octanol–water partition coefficient (Wildman–Crippen LogP) is 2.93. The lowest BCUT2D eigenvalue weighted by atomic mass is 10.2. The van der Waals surface area contributed by atoms with E-state index in [1.54, 1.807) is 0 Å². The topological polar surface area (TPSA) is 42.1 Å². The number of halogens is 1. The average molecular weight is 310 g/mol. The van der Waals surface area contributed by atoms with Crippen LogP contribution in [-0.4, -0.2) is 18.1 Å². The Kier molecular flexibility index (Phi) is 3.57. The van der Waals surface area contributed by atoms with E-state index in [1.165, 1.54) is 25.7 Å². The molecule has 0 aliphatic heterocycles. The third-order valence-corrected chi connectivity index (χ3v) is 4.21. The molecule has 1 heterocycles. The van der Waals surface area contributed by atoms with Gasteiger partial charge in [-0.3, -0.25) is 0 Å². The van der Waals surface area contributed by atoms with Crippen LogP contribution in [0.2, 0.25) is 0 Å². The van der Waals surface area contributed by atoms with E-state index in [9.17, 15) is 0 Å². The Morgan fingerprint density at radius 1 is 1.22 bits per heavy atom. The summed E-state index contributed by atoms with van der Waals surface area (Å²) < 4.78 is 1.02. The highest BCUT2D eigenvalue weighted by molar-refractivity contribution is 9.10. The Morgan fingerprint density at radius 2 is 1.83 bits per heavy atom. The molecule has 2 fully saturated rings. The van der Waals surface area contributed by atoms with Gasteiger partial charge < -0.3 is 10.6 Å². The van der Waals surface area contributed by atoms with Crippen LogP contribution in [0.1, 0.15) is 31.2 Å². The lowest BCUT2D eigenvalue weighted by Crippen LogP contribution is -2.30. The number of anilines is 1. The highest BCUT2D eigenvalue weighted by atomic mass is 79.9. The molecule has 0 bridgehead atoms. The van der Waals surface area contributed by atoms with Gasteiger partial charge in [0.25, 0.3) is 0 Å². The summed E-state index contributed by atoms with van der Waals surface area (Å²) in [5.74, 6) is 2.89. The molecule has 1 aromatic heterocycles. The zero-order chi connectivity index (χ0) is 12.5. The first kappa shape index (κ1) is 12.4. The van der Waals surface area contributed by atoms with Crippen molar-refractivity contribution in [2.75, 3.05) is 18.0 Å². The SMILES string of the molecule is NCc1cc(Br)cnc1N(CC1CC1)CC1CC1. The van der Waals surface area contributed by atoms with Crippen LogP contribution in [0.5, 0.6) is 0 Å². The van der Waals surface area contributed by atoms with E-state index in [1.807, 2.05) is 6.20 Å². The molecular formula is C14H20BrN3. The number of nitrogens with two attached hydrogens (primary N) is 1. The van der Waals surface area contributed by atoms with Gasteiger partial charge in [0.2, 0.25) is 0 Å². The fourth-order valence-electron chi connectivity index (χ4n) is 2.38. The van der Waals surface area contributed by atoms with Crippen molar-refractivity contribution in [1.29, 1.82) is 0 Å². The van der Waals surface area contributed by atoms with E-state index >= 15 is 0 Å². The average Bonchev–Trinajstić information content (AvgIpc) is 3.23. The van der Waals surface area contributed by atoms with E-state index in [4.69, 9.17) is 5.73 Å². The molecule has 2 aliphatic rings. The second-order valence-corrected chi connectivity index (χ2v) is 6.55. The second kappa shape index (κ2) is 5.17.